The maximum absolute atomic E-state index is 10.8. The molecule has 0 aromatic carbocycles. The molecule has 3 nitrogen and oxygen atoms in total. The molecule has 2 atom stereocenters. The van der Waals surface area contributed by atoms with E-state index in [1.165, 1.54) is 32.1 Å². The SMILES string of the molecule is CC12CC3CC(CC(C3)N1N=O)C2. The van der Waals surface area contributed by atoms with Gasteiger partial charge in [-0.25, -0.2) is 0 Å². The molecule has 2 aliphatic heterocycles. The van der Waals surface area contributed by atoms with Crippen molar-refractivity contribution in [3.8, 4) is 0 Å². The fraction of sp³-hybridized carbons (Fsp3) is 1.00. The van der Waals surface area contributed by atoms with E-state index in [9.17, 15) is 4.91 Å². The molecule has 4 rings (SSSR count). The average Bonchev–Trinajstić information content (AvgIpc) is 2.00. The summed E-state index contributed by atoms with van der Waals surface area (Å²) < 4.78 is 0. The van der Waals surface area contributed by atoms with Gasteiger partial charge in [-0.3, -0.25) is 5.01 Å². The van der Waals surface area contributed by atoms with E-state index >= 15 is 0 Å². The van der Waals surface area contributed by atoms with E-state index in [2.05, 4.69) is 12.2 Å². The summed E-state index contributed by atoms with van der Waals surface area (Å²) in [4.78, 5) is 10.8. The summed E-state index contributed by atoms with van der Waals surface area (Å²) in [5.74, 6) is 1.78. The zero-order valence-corrected chi connectivity index (χ0v) is 8.07. The fourth-order valence-electron chi connectivity index (χ4n) is 4.18. The molecule has 2 saturated carbocycles. The lowest BCUT2D eigenvalue weighted by molar-refractivity contribution is -0.114. The van der Waals surface area contributed by atoms with Crippen LogP contribution in [0.25, 0.3) is 0 Å². The molecule has 2 heterocycles. The highest BCUT2D eigenvalue weighted by molar-refractivity contribution is 5.06. The number of hydrogen-bond donors (Lipinski definition) is 0. The quantitative estimate of drug-likeness (QED) is 0.580. The Morgan fingerprint density at radius 2 is 1.85 bits per heavy atom. The number of nitroso groups, excluding NO2 is 1. The maximum Gasteiger partial charge on any atom is 0.0591 e. The smallest absolute Gasteiger partial charge is 0.0591 e. The Balaban J connectivity index is 1.98. The molecule has 0 aromatic rings. The summed E-state index contributed by atoms with van der Waals surface area (Å²) in [6.07, 6.45) is 6.26. The van der Waals surface area contributed by atoms with Crippen molar-refractivity contribution < 1.29 is 0 Å². The zero-order valence-electron chi connectivity index (χ0n) is 8.07. The van der Waals surface area contributed by atoms with E-state index in [0.29, 0.717) is 6.04 Å². The molecule has 2 saturated heterocycles. The average molecular weight is 180 g/mol. The number of nitrogens with zero attached hydrogens (tertiary/aromatic N) is 2. The van der Waals surface area contributed by atoms with Gasteiger partial charge in [0.05, 0.1) is 16.9 Å². The topological polar surface area (TPSA) is 32.7 Å². The first-order chi connectivity index (χ1) is 6.21. The molecule has 0 spiro atoms. The summed E-state index contributed by atoms with van der Waals surface area (Å²) >= 11 is 0. The van der Waals surface area contributed by atoms with Gasteiger partial charge in [0.1, 0.15) is 0 Å². The van der Waals surface area contributed by atoms with Gasteiger partial charge in [-0.1, -0.05) is 0 Å². The number of rotatable bonds is 1. The molecular formula is C10H16N2O. The standard InChI is InChI=1S/C10H16N2O/c1-10-5-7-2-8(6-10)4-9(3-7)12(10)11-13/h7-9H,2-6H2,1H3. The Kier molecular flexibility index (Phi) is 1.35. The van der Waals surface area contributed by atoms with E-state index in [1.54, 1.807) is 0 Å². The molecule has 0 aromatic heterocycles. The third-order valence-corrected chi connectivity index (χ3v) is 4.32. The Morgan fingerprint density at radius 3 is 2.31 bits per heavy atom. The van der Waals surface area contributed by atoms with Crippen LogP contribution in [0.1, 0.15) is 39.0 Å². The van der Waals surface area contributed by atoms with Crippen LogP contribution >= 0.6 is 0 Å². The van der Waals surface area contributed by atoms with Crippen molar-refractivity contribution in [1.29, 1.82) is 0 Å². The van der Waals surface area contributed by atoms with Gasteiger partial charge < -0.3 is 0 Å². The van der Waals surface area contributed by atoms with Crippen molar-refractivity contribution in [3.05, 3.63) is 4.91 Å². The van der Waals surface area contributed by atoms with Crippen LogP contribution in [-0.4, -0.2) is 16.6 Å². The van der Waals surface area contributed by atoms with Crippen LogP contribution in [0.2, 0.25) is 0 Å². The molecule has 72 valence electrons. The number of hydrogen-bond acceptors (Lipinski definition) is 2. The molecule has 0 amide bonds. The molecule has 0 radical (unpaired) electrons. The minimum atomic E-state index is 0.122. The first-order valence-corrected chi connectivity index (χ1v) is 5.34. The van der Waals surface area contributed by atoms with E-state index in [1.807, 2.05) is 5.01 Å². The van der Waals surface area contributed by atoms with Gasteiger partial charge in [0.15, 0.2) is 0 Å². The Bertz CT molecular complexity index is 239. The summed E-state index contributed by atoms with van der Waals surface area (Å²) in [6.45, 7) is 2.22. The molecule has 3 heteroatoms. The lowest BCUT2D eigenvalue weighted by Crippen LogP contribution is -2.62. The lowest BCUT2D eigenvalue weighted by atomic mass is 9.59. The van der Waals surface area contributed by atoms with Gasteiger partial charge >= 0.3 is 0 Å². The summed E-state index contributed by atoms with van der Waals surface area (Å²) in [6, 6.07) is 0.480. The molecule has 4 bridgehead atoms. The van der Waals surface area contributed by atoms with Gasteiger partial charge in [0, 0.05) is 0 Å². The van der Waals surface area contributed by atoms with Crippen LogP contribution in [-0.2, 0) is 0 Å². The van der Waals surface area contributed by atoms with Gasteiger partial charge in [0.25, 0.3) is 0 Å². The predicted molar refractivity (Wildman–Crippen MR) is 49.9 cm³/mol. The zero-order chi connectivity index (χ0) is 9.05. The Labute approximate surface area is 78.4 Å². The molecule has 4 fully saturated rings. The van der Waals surface area contributed by atoms with E-state index in [0.717, 1.165) is 11.8 Å². The highest BCUT2D eigenvalue weighted by Gasteiger charge is 2.53. The maximum atomic E-state index is 10.8. The number of piperidine rings is 2. The van der Waals surface area contributed by atoms with Crippen molar-refractivity contribution in [2.24, 2.45) is 17.1 Å². The van der Waals surface area contributed by atoms with E-state index in [-0.39, 0.29) is 5.54 Å². The van der Waals surface area contributed by atoms with E-state index < -0.39 is 0 Å². The molecule has 0 N–H and O–H groups in total. The van der Waals surface area contributed by atoms with Crippen LogP contribution in [0.3, 0.4) is 0 Å². The van der Waals surface area contributed by atoms with Crippen molar-refractivity contribution in [2.75, 3.05) is 0 Å². The fourth-order valence-corrected chi connectivity index (χ4v) is 4.18. The monoisotopic (exact) mass is 180 g/mol. The molecule has 13 heavy (non-hydrogen) atoms. The minimum Gasteiger partial charge on any atom is -0.252 e. The van der Waals surface area contributed by atoms with Crippen LogP contribution in [0.5, 0.6) is 0 Å². The molecule has 2 unspecified atom stereocenters. The predicted octanol–water partition coefficient (Wildman–Crippen LogP) is 2.32. The van der Waals surface area contributed by atoms with Crippen LogP contribution in [0.15, 0.2) is 5.29 Å². The van der Waals surface area contributed by atoms with Crippen LogP contribution in [0, 0.1) is 16.7 Å². The second kappa shape index (κ2) is 2.25. The lowest BCUT2D eigenvalue weighted by Gasteiger charge is -2.59. The summed E-state index contributed by atoms with van der Waals surface area (Å²) in [7, 11) is 0. The second-order valence-electron chi connectivity index (χ2n) is 5.42. The van der Waals surface area contributed by atoms with Crippen LogP contribution < -0.4 is 0 Å². The van der Waals surface area contributed by atoms with Crippen molar-refractivity contribution in [2.45, 2.75) is 50.6 Å². The van der Waals surface area contributed by atoms with Crippen LogP contribution in [0.4, 0.5) is 0 Å². The summed E-state index contributed by atoms with van der Waals surface area (Å²) in [5, 5.41) is 5.12. The van der Waals surface area contributed by atoms with Gasteiger partial charge in [-0.15, -0.1) is 4.91 Å². The highest BCUT2D eigenvalue weighted by atomic mass is 16.3. The minimum absolute atomic E-state index is 0.122. The van der Waals surface area contributed by atoms with E-state index in [4.69, 9.17) is 0 Å². The van der Waals surface area contributed by atoms with Gasteiger partial charge in [-0.2, -0.15) is 0 Å². The molecular weight excluding hydrogens is 164 g/mol. The van der Waals surface area contributed by atoms with Crippen molar-refractivity contribution >= 4 is 0 Å². The highest BCUT2D eigenvalue weighted by Crippen LogP contribution is 2.54. The largest absolute Gasteiger partial charge is 0.252 e. The first kappa shape index (κ1) is 7.77. The summed E-state index contributed by atoms with van der Waals surface area (Å²) in [5.41, 5.74) is 0.122. The normalized spacial score (nSPS) is 52.7. The second-order valence-corrected chi connectivity index (χ2v) is 5.42. The van der Waals surface area contributed by atoms with Gasteiger partial charge in [-0.05, 0) is 50.9 Å². The third-order valence-electron chi connectivity index (χ3n) is 4.32. The van der Waals surface area contributed by atoms with Gasteiger partial charge in [0.2, 0.25) is 0 Å². The Morgan fingerprint density at radius 1 is 1.23 bits per heavy atom. The third kappa shape index (κ3) is 0.903. The molecule has 4 aliphatic rings. The van der Waals surface area contributed by atoms with Crippen molar-refractivity contribution in [1.82, 2.24) is 5.01 Å². The van der Waals surface area contributed by atoms with Crippen molar-refractivity contribution in [3.63, 3.8) is 0 Å². The Hall–Kier alpha value is -0.600. The first-order valence-electron chi connectivity index (χ1n) is 5.34. The molecule has 2 aliphatic carbocycles.